The zero-order valence-corrected chi connectivity index (χ0v) is 14.9. The van der Waals surface area contributed by atoms with Gasteiger partial charge in [-0.1, -0.05) is 67.3 Å². The van der Waals surface area contributed by atoms with E-state index in [2.05, 4.69) is 34.0 Å². The summed E-state index contributed by atoms with van der Waals surface area (Å²) in [6.07, 6.45) is 12.5. The minimum absolute atomic E-state index is 0.511. The largest absolute Gasteiger partial charge is 0.367 e. The molecule has 0 amide bonds. The first-order chi connectivity index (χ1) is 12.3. The van der Waals surface area contributed by atoms with E-state index in [0.29, 0.717) is 6.04 Å². The number of nitrogens with zero attached hydrogens (tertiary/aromatic N) is 2. The van der Waals surface area contributed by atoms with Crippen LogP contribution >= 0.6 is 11.6 Å². The second-order valence-electron chi connectivity index (χ2n) is 6.64. The number of fused-ring (bicyclic) bond motifs is 1. The Kier molecular flexibility index (Phi) is 4.75. The van der Waals surface area contributed by atoms with Gasteiger partial charge in [0.25, 0.3) is 0 Å². The molecule has 25 heavy (non-hydrogen) atoms. The predicted octanol–water partition coefficient (Wildman–Crippen LogP) is 5.90. The molecule has 0 radical (unpaired) electrons. The van der Waals surface area contributed by atoms with E-state index in [1.807, 2.05) is 36.5 Å². The molecule has 1 saturated carbocycles. The quantitative estimate of drug-likeness (QED) is 0.633. The van der Waals surface area contributed by atoms with Gasteiger partial charge in [0, 0.05) is 12.2 Å². The van der Waals surface area contributed by atoms with E-state index < -0.39 is 0 Å². The molecule has 0 saturated heterocycles. The molecule has 1 fully saturated rings. The molecule has 4 rings (SSSR count). The van der Waals surface area contributed by atoms with Crippen molar-refractivity contribution in [3.8, 4) is 0 Å². The monoisotopic (exact) mass is 351 g/mol. The summed E-state index contributed by atoms with van der Waals surface area (Å²) in [6.45, 7) is 0. The molecule has 0 spiro atoms. The fourth-order valence-electron chi connectivity index (χ4n) is 3.48. The first-order valence-corrected chi connectivity index (χ1v) is 9.35. The van der Waals surface area contributed by atoms with Crippen LogP contribution in [0.5, 0.6) is 0 Å². The topological polar surface area (TPSA) is 29.3 Å². The van der Waals surface area contributed by atoms with Crippen molar-refractivity contribution < 1.29 is 0 Å². The van der Waals surface area contributed by atoms with E-state index in [1.54, 1.807) is 0 Å². The van der Waals surface area contributed by atoms with Gasteiger partial charge < -0.3 is 5.32 Å². The Morgan fingerprint density at radius 3 is 2.60 bits per heavy atom. The Balaban J connectivity index is 1.71. The van der Waals surface area contributed by atoms with Crippen LogP contribution in [0, 0.1) is 0 Å². The van der Waals surface area contributed by atoms with Crippen molar-refractivity contribution in [2.75, 3.05) is 5.32 Å². The minimum atomic E-state index is 0.511. The van der Waals surface area contributed by atoms with Crippen LogP contribution in [-0.4, -0.2) is 15.4 Å². The van der Waals surface area contributed by atoms with E-state index in [-0.39, 0.29) is 0 Å². The van der Waals surface area contributed by atoms with Crippen LogP contribution in [-0.2, 0) is 0 Å². The van der Waals surface area contributed by atoms with E-state index >= 15 is 0 Å². The van der Waals surface area contributed by atoms with Gasteiger partial charge in [0.1, 0.15) is 17.2 Å². The molecule has 1 N–H and O–H groups in total. The fourth-order valence-corrected chi connectivity index (χ4v) is 3.64. The number of rotatable bonds is 4. The van der Waals surface area contributed by atoms with E-state index in [1.165, 1.54) is 37.7 Å². The van der Waals surface area contributed by atoms with Crippen LogP contribution in [0.4, 0.5) is 5.82 Å². The van der Waals surface area contributed by atoms with Crippen molar-refractivity contribution >= 4 is 35.2 Å². The summed E-state index contributed by atoms with van der Waals surface area (Å²) >= 11 is 6.22. The first-order valence-electron chi connectivity index (χ1n) is 8.97. The lowest BCUT2D eigenvalue weighted by Gasteiger charge is -2.23. The highest BCUT2D eigenvalue weighted by Crippen LogP contribution is 2.27. The third kappa shape index (κ3) is 3.72. The van der Waals surface area contributed by atoms with Crippen LogP contribution in [0.25, 0.3) is 17.8 Å². The van der Waals surface area contributed by atoms with Crippen molar-refractivity contribution in [1.29, 1.82) is 0 Å². The zero-order valence-electron chi connectivity index (χ0n) is 14.2. The van der Waals surface area contributed by atoms with Gasteiger partial charge in [0.15, 0.2) is 0 Å². The standard InChI is InChI=1S/C21H22ClN3/c22-17-12-14-20-24-19(13-11-16-7-3-1-4-8-16)21(25(20)15-17)23-18-9-5-2-6-10-18/h1,3-4,7-8,11-15,18,23H,2,5-6,9-10H2. The highest BCUT2D eigenvalue weighted by atomic mass is 35.5. The summed E-state index contributed by atoms with van der Waals surface area (Å²) < 4.78 is 2.07. The van der Waals surface area contributed by atoms with Gasteiger partial charge in [0.2, 0.25) is 0 Å². The summed E-state index contributed by atoms with van der Waals surface area (Å²) in [5, 5.41) is 4.44. The number of imidazole rings is 1. The summed E-state index contributed by atoms with van der Waals surface area (Å²) in [7, 11) is 0. The number of halogens is 1. The molecule has 4 heteroatoms. The maximum Gasteiger partial charge on any atom is 0.139 e. The van der Waals surface area contributed by atoms with Crippen molar-refractivity contribution in [2.45, 2.75) is 38.1 Å². The molecule has 0 unspecified atom stereocenters. The molecule has 2 heterocycles. The summed E-state index contributed by atoms with van der Waals surface area (Å²) in [5.74, 6) is 1.04. The van der Waals surface area contributed by atoms with Crippen LogP contribution in [0.1, 0.15) is 43.4 Å². The molecule has 128 valence electrons. The number of pyridine rings is 1. The molecule has 0 aliphatic heterocycles. The Morgan fingerprint density at radius 1 is 1.00 bits per heavy atom. The Hall–Kier alpha value is -2.26. The lowest BCUT2D eigenvalue weighted by Crippen LogP contribution is -2.23. The maximum absolute atomic E-state index is 6.22. The molecule has 3 aromatic rings. The van der Waals surface area contributed by atoms with E-state index in [4.69, 9.17) is 16.6 Å². The van der Waals surface area contributed by atoms with Gasteiger partial charge in [-0.05, 0) is 36.6 Å². The van der Waals surface area contributed by atoms with Crippen LogP contribution in [0.3, 0.4) is 0 Å². The van der Waals surface area contributed by atoms with Crippen LogP contribution in [0.2, 0.25) is 5.02 Å². The van der Waals surface area contributed by atoms with Crippen molar-refractivity contribution in [3.63, 3.8) is 0 Å². The number of aromatic nitrogens is 2. The van der Waals surface area contributed by atoms with Crippen LogP contribution < -0.4 is 5.32 Å². The maximum atomic E-state index is 6.22. The number of anilines is 1. The second kappa shape index (κ2) is 7.32. The molecule has 3 nitrogen and oxygen atoms in total. The highest BCUT2D eigenvalue weighted by Gasteiger charge is 2.17. The van der Waals surface area contributed by atoms with Crippen molar-refractivity contribution in [3.05, 3.63) is 64.9 Å². The minimum Gasteiger partial charge on any atom is -0.367 e. The molecular weight excluding hydrogens is 330 g/mol. The molecular formula is C21H22ClN3. The second-order valence-corrected chi connectivity index (χ2v) is 7.08. The van der Waals surface area contributed by atoms with Crippen molar-refractivity contribution in [1.82, 2.24) is 9.38 Å². The number of hydrogen-bond acceptors (Lipinski definition) is 2. The number of hydrogen-bond donors (Lipinski definition) is 1. The first kappa shape index (κ1) is 16.2. The summed E-state index contributed by atoms with van der Waals surface area (Å²) in [6, 6.07) is 14.7. The Bertz CT molecular complexity index is 877. The molecule has 1 aromatic carbocycles. The van der Waals surface area contributed by atoms with Gasteiger partial charge in [-0.3, -0.25) is 4.40 Å². The normalized spacial score (nSPS) is 15.9. The third-order valence-corrected chi connectivity index (χ3v) is 5.01. The smallest absolute Gasteiger partial charge is 0.139 e. The molecule has 1 aliphatic carbocycles. The molecule has 1 aliphatic rings. The van der Waals surface area contributed by atoms with Gasteiger partial charge in [0.05, 0.1) is 5.02 Å². The van der Waals surface area contributed by atoms with Crippen molar-refractivity contribution in [2.24, 2.45) is 0 Å². The lowest BCUT2D eigenvalue weighted by atomic mass is 9.95. The SMILES string of the molecule is Clc1ccc2nc(C=Cc3ccccc3)c(NC3CCCCC3)n2c1. The van der Waals surface area contributed by atoms with Gasteiger partial charge >= 0.3 is 0 Å². The Morgan fingerprint density at radius 2 is 1.80 bits per heavy atom. The molecule has 0 atom stereocenters. The fraction of sp³-hybridized carbons (Fsp3) is 0.286. The number of benzene rings is 1. The zero-order chi connectivity index (χ0) is 17.1. The third-order valence-electron chi connectivity index (χ3n) is 4.79. The Labute approximate surface area is 153 Å². The van der Waals surface area contributed by atoms with Gasteiger partial charge in [-0.15, -0.1) is 0 Å². The average Bonchev–Trinajstić information content (AvgIpc) is 2.99. The highest BCUT2D eigenvalue weighted by molar-refractivity contribution is 6.30. The van der Waals surface area contributed by atoms with E-state index in [9.17, 15) is 0 Å². The molecule has 2 aromatic heterocycles. The summed E-state index contributed by atoms with van der Waals surface area (Å²) in [4.78, 5) is 4.79. The lowest BCUT2D eigenvalue weighted by molar-refractivity contribution is 0.461. The van der Waals surface area contributed by atoms with Crippen LogP contribution in [0.15, 0.2) is 48.7 Å². The van der Waals surface area contributed by atoms with Gasteiger partial charge in [-0.25, -0.2) is 4.98 Å². The average molecular weight is 352 g/mol. The van der Waals surface area contributed by atoms with E-state index in [0.717, 1.165) is 22.2 Å². The molecule has 0 bridgehead atoms. The van der Waals surface area contributed by atoms with Gasteiger partial charge in [-0.2, -0.15) is 0 Å². The number of nitrogens with one attached hydrogen (secondary N) is 1. The predicted molar refractivity (Wildman–Crippen MR) is 106 cm³/mol. The summed E-state index contributed by atoms with van der Waals surface area (Å²) in [5.41, 5.74) is 3.04.